The molecule has 0 radical (unpaired) electrons. The van der Waals surface area contributed by atoms with E-state index in [-0.39, 0.29) is 18.1 Å². The smallest absolute Gasteiger partial charge is 0.314 e. The first-order valence-corrected chi connectivity index (χ1v) is 4.12. The summed E-state index contributed by atoms with van der Waals surface area (Å²) in [4.78, 5) is 21.5. The Bertz CT molecular complexity index is 235. The van der Waals surface area contributed by atoms with E-state index in [9.17, 15) is 9.59 Å². The first-order chi connectivity index (χ1) is 5.97. The number of hydrogen-bond acceptors (Lipinski definition) is 3. The number of ketones is 1. The van der Waals surface area contributed by atoms with E-state index in [2.05, 4.69) is 5.92 Å². The van der Waals surface area contributed by atoms with Crippen molar-refractivity contribution in [3.8, 4) is 12.3 Å². The molecule has 0 bridgehead atoms. The van der Waals surface area contributed by atoms with E-state index < -0.39 is 12.1 Å². The molecule has 0 aliphatic heterocycles. The average Bonchev–Trinajstić information content (AvgIpc) is 1.98. The molecule has 1 atom stereocenters. The Morgan fingerprint density at radius 1 is 1.46 bits per heavy atom. The molecule has 0 amide bonds. The van der Waals surface area contributed by atoms with Crippen LogP contribution in [0.25, 0.3) is 0 Å². The monoisotopic (exact) mass is 182 g/mol. The van der Waals surface area contributed by atoms with Gasteiger partial charge in [0.25, 0.3) is 0 Å². The Kier molecular flexibility index (Phi) is 4.83. The SMILES string of the molecule is C#CC(OC(=O)CC(C)=O)C(C)C. The highest BCUT2D eigenvalue weighted by Gasteiger charge is 2.16. The van der Waals surface area contributed by atoms with Crippen LogP contribution in [0.2, 0.25) is 0 Å². The molecule has 0 saturated heterocycles. The second-order valence-electron chi connectivity index (χ2n) is 3.20. The lowest BCUT2D eigenvalue weighted by Gasteiger charge is -2.14. The molecule has 72 valence electrons. The van der Waals surface area contributed by atoms with Crippen molar-refractivity contribution in [1.82, 2.24) is 0 Å². The largest absolute Gasteiger partial charge is 0.449 e. The second kappa shape index (κ2) is 5.36. The summed E-state index contributed by atoms with van der Waals surface area (Å²) in [6.07, 6.45) is 4.40. The molecule has 0 saturated carbocycles. The van der Waals surface area contributed by atoms with Gasteiger partial charge in [0, 0.05) is 5.92 Å². The van der Waals surface area contributed by atoms with Crippen molar-refractivity contribution in [2.24, 2.45) is 5.92 Å². The van der Waals surface area contributed by atoms with Crippen LogP contribution in [0.4, 0.5) is 0 Å². The summed E-state index contributed by atoms with van der Waals surface area (Å²) in [7, 11) is 0. The zero-order valence-electron chi connectivity index (χ0n) is 8.16. The molecule has 3 heteroatoms. The first kappa shape index (κ1) is 11.7. The van der Waals surface area contributed by atoms with Gasteiger partial charge in [-0.15, -0.1) is 6.42 Å². The van der Waals surface area contributed by atoms with Crippen LogP contribution in [0.3, 0.4) is 0 Å². The van der Waals surface area contributed by atoms with Gasteiger partial charge >= 0.3 is 5.97 Å². The third-order valence-corrected chi connectivity index (χ3v) is 1.42. The molecule has 0 aromatic rings. The lowest BCUT2D eigenvalue weighted by Crippen LogP contribution is -2.22. The molecule has 0 aromatic heterocycles. The maximum absolute atomic E-state index is 11.0. The van der Waals surface area contributed by atoms with Gasteiger partial charge in [0.2, 0.25) is 0 Å². The van der Waals surface area contributed by atoms with Crippen LogP contribution in [0, 0.1) is 18.3 Å². The summed E-state index contributed by atoms with van der Waals surface area (Å²) in [6.45, 7) is 5.04. The predicted molar refractivity (Wildman–Crippen MR) is 48.8 cm³/mol. The highest BCUT2D eigenvalue weighted by molar-refractivity contribution is 5.94. The van der Waals surface area contributed by atoms with Crippen molar-refractivity contribution >= 4 is 11.8 Å². The number of ether oxygens (including phenoxy) is 1. The number of terminal acetylenes is 1. The van der Waals surface area contributed by atoms with Crippen LogP contribution in [0.15, 0.2) is 0 Å². The van der Waals surface area contributed by atoms with Crippen LogP contribution < -0.4 is 0 Å². The van der Waals surface area contributed by atoms with E-state index in [4.69, 9.17) is 11.2 Å². The van der Waals surface area contributed by atoms with Crippen molar-refractivity contribution in [1.29, 1.82) is 0 Å². The van der Waals surface area contributed by atoms with Gasteiger partial charge in [0.1, 0.15) is 12.2 Å². The highest BCUT2D eigenvalue weighted by Crippen LogP contribution is 2.06. The summed E-state index contributed by atoms with van der Waals surface area (Å²) in [5.41, 5.74) is 0. The molecule has 1 unspecified atom stereocenters. The van der Waals surface area contributed by atoms with E-state index >= 15 is 0 Å². The van der Waals surface area contributed by atoms with Gasteiger partial charge in [-0.3, -0.25) is 9.59 Å². The Morgan fingerprint density at radius 2 is 2.00 bits per heavy atom. The third kappa shape index (κ3) is 5.02. The van der Waals surface area contributed by atoms with E-state index in [1.807, 2.05) is 13.8 Å². The zero-order chi connectivity index (χ0) is 10.4. The lowest BCUT2D eigenvalue weighted by atomic mass is 10.1. The van der Waals surface area contributed by atoms with Crippen molar-refractivity contribution in [2.75, 3.05) is 0 Å². The molecule has 0 aliphatic carbocycles. The molecule has 3 nitrogen and oxygen atoms in total. The van der Waals surface area contributed by atoms with Crippen molar-refractivity contribution in [3.05, 3.63) is 0 Å². The molecule has 0 heterocycles. The predicted octanol–water partition coefficient (Wildman–Crippen LogP) is 1.17. The summed E-state index contributed by atoms with van der Waals surface area (Å²) < 4.78 is 4.88. The molecular weight excluding hydrogens is 168 g/mol. The molecule has 0 rings (SSSR count). The lowest BCUT2D eigenvalue weighted by molar-refractivity contribution is -0.149. The topological polar surface area (TPSA) is 43.4 Å². The number of esters is 1. The van der Waals surface area contributed by atoms with E-state index in [0.29, 0.717) is 0 Å². The summed E-state index contributed by atoms with van der Waals surface area (Å²) in [5.74, 6) is 1.65. The molecule has 0 N–H and O–H groups in total. The van der Waals surface area contributed by atoms with E-state index in [0.717, 1.165) is 0 Å². The Balaban J connectivity index is 4.04. The fourth-order valence-corrected chi connectivity index (χ4v) is 0.749. The summed E-state index contributed by atoms with van der Waals surface area (Å²) in [5, 5.41) is 0. The van der Waals surface area contributed by atoms with E-state index in [1.54, 1.807) is 0 Å². The second-order valence-corrected chi connectivity index (χ2v) is 3.20. The standard InChI is InChI=1S/C10H14O3/c1-5-9(7(2)3)13-10(12)6-8(4)11/h1,7,9H,6H2,2-4H3. The first-order valence-electron chi connectivity index (χ1n) is 4.12. The summed E-state index contributed by atoms with van der Waals surface area (Å²) >= 11 is 0. The number of carbonyl (C=O) groups is 2. The molecule has 0 aliphatic rings. The Hall–Kier alpha value is -1.30. The van der Waals surface area contributed by atoms with Crippen LogP contribution in [-0.4, -0.2) is 17.9 Å². The molecule has 0 spiro atoms. The fraction of sp³-hybridized carbons (Fsp3) is 0.600. The van der Waals surface area contributed by atoms with Gasteiger partial charge in [-0.2, -0.15) is 0 Å². The number of carbonyl (C=O) groups excluding carboxylic acids is 2. The minimum absolute atomic E-state index is 0.0703. The van der Waals surface area contributed by atoms with Crippen LogP contribution >= 0.6 is 0 Å². The fourth-order valence-electron chi connectivity index (χ4n) is 0.749. The Morgan fingerprint density at radius 3 is 2.31 bits per heavy atom. The van der Waals surface area contributed by atoms with Crippen molar-refractivity contribution in [2.45, 2.75) is 33.3 Å². The molecular formula is C10H14O3. The van der Waals surface area contributed by atoms with Crippen LogP contribution in [0.5, 0.6) is 0 Å². The van der Waals surface area contributed by atoms with Crippen molar-refractivity contribution in [3.63, 3.8) is 0 Å². The number of rotatable bonds is 4. The maximum atomic E-state index is 11.0. The van der Waals surface area contributed by atoms with Crippen molar-refractivity contribution < 1.29 is 14.3 Å². The van der Waals surface area contributed by atoms with Crippen LogP contribution in [0.1, 0.15) is 27.2 Å². The molecule has 0 fully saturated rings. The van der Waals surface area contributed by atoms with Gasteiger partial charge in [-0.05, 0) is 6.92 Å². The van der Waals surface area contributed by atoms with Gasteiger partial charge in [-0.1, -0.05) is 19.8 Å². The third-order valence-electron chi connectivity index (χ3n) is 1.42. The van der Waals surface area contributed by atoms with Crippen LogP contribution in [-0.2, 0) is 14.3 Å². The van der Waals surface area contributed by atoms with Gasteiger partial charge in [0.05, 0.1) is 0 Å². The average molecular weight is 182 g/mol. The van der Waals surface area contributed by atoms with E-state index in [1.165, 1.54) is 6.92 Å². The normalized spacial score (nSPS) is 11.9. The van der Waals surface area contributed by atoms with Gasteiger partial charge < -0.3 is 4.74 Å². The molecule has 13 heavy (non-hydrogen) atoms. The minimum atomic E-state index is -0.552. The van der Waals surface area contributed by atoms with Gasteiger partial charge in [0.15, 0.2) is 6.10 Å². The van der Waals surface area contributed by atoms with Gasteiger partial charge in [-0.25, -0.2) is 0 Å². The Labute approximate surface area is 78.5 Å². The number of hydrogen-bond donors (Lipinski definition) is 0. The zero-order valence-corrected chi connectivity index (χ0v) is 8.16. The quantitative estimate of drug-likeness (QED) is 0.372. The minimum Gasteiger partial charge on any atom is -0.449 e. The molecule has 0 aromatic carbocycles. The number of Topliss-reactive ketones (excluding diaryl/α,β-unsaturated/α-hetero) is 1. The maximum Gasteiger partial charge on any atom is 0.314 e. The summed E-state index contributed by atoms with van der Waals surface area (Å²) in [6, 6.07) is 0. The highest BCUT2D eigenvalue weighted by atomic mass is 16.5.